The summed E-state index contributed by atoms with van der Waals surface area (Å²) in [7, 11) is 0. The number of nitrogens with zero attached hydrogens (tertiary/aromatic N) is 1. The third-order valence-corrected chi connectivity index (χ3v) is 4.73. The van der Waals surface area contributed by atoms with Gasteiger partial charge in [-0.2, -0.15) is 0 Å². The van der Waals surface area contributed by atoms with Crippen LogP contribution in [0.1, 0.15) is 35.6 Å². The molecule has 1 amide bonds. The molecule has 7 heteroatoms. The molecule has 2 N–H and O–H groups in total. The minimum Gasteiger partial charge on any atom is -0.449 e. The number of halogens is 1. The van der Waals surface area contributed by atoms with E-state index >= 15 is 0 Å². The number of amides is 1. The molecule has 0 aromatic carbocycles. The van der Waals surface area contributed by atoms with Crippen LogP contribution < -0.4 is 5.73 Å². The molecule has 1 aliphatic heterocycles. The minimum atomic E-state index is -0.742. The number of pyridine rings is 1. The first-order chi connectivity index (χ1) is 10.2. The molecular weight excluding hydrogens is 387 g/mol. The molecule has 1 aromatic heterocycles. The number of nitrogens with two attached hydrogens (primary N) is 1. The van der Waals surface area contributed by atoms with Gasteiger partial charge in [0, 0.05) is 28.5 Å². The first-order valence-corrected chi connectivity index (χ1v) is 8.43. The number of aromatic nitrogens is 1. The molecule has 1 spiro atoms. The zero-order chi connectivity index (χ0) is 14.9. The van der Waals surface area contributed by atoms with E-state index < -0.39 is 11.9 Å². The maximum Gasteiger partial charge on any atom is 0.404 e. The fourth-order valence-electron chi connectivity index (χ4n) is 3.15. The Kier molecular flexibility index (Phi) is 4.32. The van der Waals surface area contributed by atoms with Crippen LogP contribution in [0.15, 0.2) is 12.3 Å². The largest absolute Gasteiger partial charge is 0.449 e. The fraction of sp³-hybridized carbons (Fsp3) is 0.571. The molecule has 1 fully saturated rings. The number of hydrogen-bond acceptors (Lipinski definition) is 5. The highest BCUT2D eigenvalue weighted by Gasteiger charge is 2.46. The van der Waals surface area contributed by atoms with Crippen LogP contribution in [0, 0.1) is 0 Å². The van der Waals surface area contributed by atoms with Crippen molar-refractivity contribution in [2.45, 2.75) is 29.0 Å². The Morgan fingerprint density at radius 2 is 2.29 bits per heavy atom. The zero-order valence-electron chi connectivity index (χ0n) is 11.5. The number of alkyl halides is 1. The van der Waals surface area contributed by atoms with Gasteiger partial charge < -0.3 is 19.9 Å². The van der Waals surface area contributed by atoms with E-state index in [0.717, 1.165) is 34.1 Å². The molecule has 3 rings (SSSR count). The lowest BCUT2D eigenvalue weighted by atomic mass is 9.79. The van der Waals surface area contributed by atoms with E-state index in [1.54, 1.807) is 6.20 Å². The standard InChI is InChI=1S/C14H17IN2O4/c15-7-11-12-10(2-4-17-11)9(8-19-13(16)18)1-3-14(12)20-5-6-21-14/h2,4,9H,1,3,5-8H2,(H2,16,18)/t9-/m0/s1. The van der Waals surface area contributed by atoms with Crippen LogP contribution >= 0.6 is 22.6 Å². The molecule has 21 heavy (non-hydrogen) atoms. The molecule has 1 saturated heterocycles. The maximum absolute atomic E-state index is 10.9. The smallest absolute Gasteiger partial charge is 0.404 e. The number of ether oxygens (including phenoxy) is 3. The molecule has 2 heterocycles. The molecule has 2 aliphatic rings. The van der Waals surface area contributed by atoms with Gasteiger partial charge in [0.2, 0.25) is 0 Å². The summed E-state index contributed by atoms with van der Waals surface area (Å²) in [6.45, 7) is 1.47. The Balaban J connectivity index is 1.99. The van der Waals surface area contributed by atoms with Crippen LogP contribution in [-0.4, -0.2) is 30.9 Å². The van der Waals surface area contributed by atoms with Crippen molar-refractivity contribution in [3.05, 3.63) is 29.1 Å². The van der Waals surface area contributed by atoms with Crippen LogP contribution in [0.5, 0.6) is 0 Å². The summed E-state index contributed by atoms with van der Waals surface area (Å²) in [4.78, 5) is 15.3. The van der Waals surface area contributed by atoms with Crippen molar-refractivity contribution in [1.82, 2.24) is 4.98 Å². The summed E-state index contributed by atoms with van der Waals surface area (Å²) in [6, 6.07) is 1.96. The second kappa shape index (κ2) is 6.05. The van der Waals surface area contributed by atoms with E-state index in [4.69, 9.17) is 19.9 Å². The van der Waals surface area contributed by atoms with Gasteiger partial charge in [-0.15, -0.1) is 0 Å². The van der Waals surface area contributed by atoms with Gasteiger partial charge in [-0.1, -0.05) is 22.6 Å². The van der Waals surface area contributed by atoms with Crippen molar-refractivity contribution in [2.75, 3.05) is 19.8 Å². The van der Waals surface area contributed by atoms with Crippen molar-refractivity contribution in [3.63, 3.8) is 0 Å². The van der Waals surface area contributed by atoms with Gasteiger partial charge in [0.1, 0.15) is 6.61 Å². The summed E-state index contributed by atoms with van der Waals surface area (Å²) in [5, 5.41) is 0. The Morgan fingerprint density at radius 1 is 1.52 bits per heavy atom. The van der Waals surface area contributed by atoms with Crippen molar-refractivity contribution in [2.24, 2.45) is 5.73 Å². The number of hydrogen-bond donors (Lipinski definition) is 1. The Labute approximate surface area is 136 Å². The topological polar surface area (TPSA) is 83.7 Å². The number of fused-ring (bicyclic) bond motifs is 2. The molecule has 0 bridgehead atoms. The van der Waals surface area contributed by atoms with E-state index in [9.17, 15) is 4.79 Å². The van der Waals surface area contributed by atoms with E-state index in [2.05, 4.69) is 27.6 Å². The van der Waals surface area contributed by atoms with E-state index in [-0.39, 0.29) is 12.5 Å². The minimum absolute atomic E-state index is 0.107. The zero-order valence-corrected chi connectivity index (χ0v) is 13.7. The second-order valence-corrected chi connectivity index (χ2v) is 5.93. The SMILES string of the molecule is NC(=O)OC[C@@H]1CCC2(OCCO2)c2c1ccnc2CI. The molecular formula is C14H17IN2O4. The lowest BCUT2D eigenvalue weighted by Crippen LogP contribution is -2.36. The van der Waals surface area contributed by atoms with E-state index in [1.807, 2.05) is 6.07 Å². The highest BCUT2D eigenvalue weighted by molar-refractivity contribution is 14.1. The van der Waals surface area contributed by atoms with Gasteiger partial charge in [-0.25, -0.2) is 4.79 Å². The van der Waals surface area contributed by atoms with Gasteiger partial charge >= 0.3 is 6.09 Å². The third kappa shape index (κ3) is 2.74. The number of rotatable bonds is 3. The first kappa shape index (κ1) is 15.0. The highest BCUT2D eigenvalue weighted by Crippen LogP contribution is 2.47. The quantitative estimate of drug-likeness (QED) is 0.617. The molecule has 6 nitrogen and oxygen atoms in total. The van der Waals surface area contributed by atoms with Crippen LogP contribution in [0.2, 0.25) is 0 Å². The molecule has 114 valence electrons. The predicted octanol–water partition coefficient (Wildman–Crippen LogP) is 2.19. The summed E-state index contributed by atoms with van der Waals surface area (Å²) >= 11 is 2.29. The highest BCUT2D eigenvalue weighted by atomic mass is 127. The summed E-state index contributed by atoms with van der Waals surface area (Å²) in [6.07, 6.45) is 2.61. The predicted molar refractivity (Wildman–Crippen MR) is 83.1 cm³/mol. The van der Waals surface area contributed by atoms with Crippen molar-refractivity contribution in [3.8, 4) is 0 Å². The van der Waals surface area contributed by atoms with Crippen LogP contribution in [0.25, 0.3) is 0 Å². The lowest BCUT2D eigenvalue weighted by Gasteiger charge is -2.38. The van der Waals surface area contributed by atoms with Crippen molar-refractivity contribution < 1.29 is 19.0 Å². The summed E-state index contributed by atoms with van der Waals surface area (Å²) in [5.74, 6) is -0.566. The van der Waals surface area contributed by atoms with Gasteiger partial charge in [-0.3, -0.25) is 4.98 Å². The van der Waals surface area contributed by atoms with Gasteiger partial charge in [-0.05, 0) is 18.1 Å². The average Bonchev–Trinajstić information content (AvgIpc) is 2.95. The molecule has 0 unspecified atom stereocenters. The van der Waals surface area contributed by atoms with E-state index in [0.29, 0.717) is 13.2 Å². The third-order valence-electron chi connectivity index (χ3n) is 4.01. The van der Waals surface area contributed by atoms with E-state index in [1.165, 1.54) is 0 Å². The van der Waals surface area contributed by atoms with Crippen molar-refractivity contribution in [1.29, 1.82) is 0 Å². The Hall–Kier alpha value is -0.930. The molecule has 0 radical (unpaired) electrons. The molecule has 1 aromatic rings. The Bertz CT molecular complexity index is 546. The molecule has 0 saturated carbocycles. The summed E-state index contributed by atoms with van der Waals surface area (Å²) < 4.78 is 17.6. The van der Waals surface area contributed by atoms with Gasteiger partial charge in [0.05, 0.1) is 18.9 Å². The number of carbonyl (C=O) groups excluding carboxylic acids is 1. The number of primary amides is 1. The number of carbonyl (C=O) groups is 1. The lowest BCUT2D eigenvalue weighted by molar-refractivity contribution is -0.178. The first-order valence-electron chi connectivity index (χ1n) is 6.90. The van der Waals surface area contributed by atoms with Crippen molar-refractivity contribution >= 4 is 28.7 Å². The maximum atomic E-state index is 10.9. The molecule has 1 atom stereocenters. The second-order valence-electron chi connectivity index (χ2n) is 5.17. The fourth-order valence-corrected chi connectivity index (χ4v) is 3.73. The molecule has 1 aliphatic carbocycles. The van der Waals surface area contributed by atoms with Gasteiger partial charge in [0.25, 0.3) is 0 Å². The van der Waals surface area contributed by atoms with Crippen LogP contribution in [-0.2, 0) is 24.4 Å². The Morgan fingerprint density at radius 3 is 2.95 bits per heavy atom. The normalized spacial score (nSPS) is 23.0. The summed E-state index contributed by atoms with van der Waals surface area (Å²) in [5.41, 5.74) is 8.15. The monoisotopic (exact) mass is 404 g/mol. The van der Waals surface area contributed by atoms with Crippen LogP contribution in [0.4, 0.5) is 4.79 Å². The van der Waals surface area contributed by atoms with Gasteiger partial charge in [0.15, 0.2) is 5.79 Å². The van der Waals surface area contributed by atoms with Crippen LogP contribution in [0.3, 0.4) is 0 Å². The average molecular weight is 404 g/mol.